The van der Waals surface area contributed by atoms with E-state index in [1.165, 1.54) is 0 Å². The molecule has 0 radical (unpaired) electrons. The average molecular weight is 263 g/mol. The first-order chi connectivity index (χ1) is 9.08. The lowest BCUT2D eigenvalue weighted by Gasteiger charge is -2.12. The number of amides is 2. The third-order valence-corrected chi connectivity index (χ3v) is 2.47. The van der Waals surface area contributed by atoms with Crippen LogP contribution in [0.25, 0.3) is 0 Å². The zero-order valence-corrected chi connectivity index (χ0v) is 11.3. The van der Waals surface area contributed by atoms with Gasteiger partial charge in [-0.3, -0.25) is 9.59 Å². The van der Waals surface area contributed by atoms with Crippen LogP contribution in [0, 0.1) is 6.92 Å². The van der Waals surface area contributed by atoms with Gasteiger partial charge in [-0.15, -0.1) is 5.06 Å². The molecule has 0 spiro atoms. The molecule has 1 aromatic rings. The number of aryl methyl sites for hydroxylation is 1. The van der Waals surface area contributed by atoms with Crippen molar-refractivity contribution in [3.05, 3.63) is 35.4 Å². The maximum absolute atomic E-state index is 11.6. The van der Waals surface area contributed by atoms with Crippen LogP contribution in [-0.4, -0.2) is 22.8 Å². The fourth-order valence-electron chi connectivity index (χ4n) is 1.48. The van der Waals surface area contributed by atoms with Crippen molar-refractivity contribution in [2.45, 2.75) is 33.6 Å². The highest BCUT2D eigenvalue weighted by Crippen LogP contribution is 2.14. The normalized spacial score (nSPS) is 13.9. The Labute approximate surface area is 112 Å². The number of benzene rings is 1. The molecule has 0 N–H and O–H groups in total. The highest BCUT2D eigenvalue weighted by molar-refractivity contribution is 6.02. The number of imide groups is 1. The van der Waals surface area contributed by atoms with Crippen LogP contribution >= 0.6 is 0 Å². The van der Waals surface area contributed by atoms with E-state index in [4.69, 9.17) is 4.84 Å². The van der Waals surface area contributed by atoms with Crippen molar-refractivity contribution in [1.29, 1.82) is 0 Å². The molecule has 1 aliphatic rings. The Bertz CT molecular complexity index is 463. The van der Waals surface area contributed by atoms with Gasteiger partial charge in [-0.2, -0.15) is 0 Å². The number of carbonyl (C=O) groups is 3. The number of nitrogens with zero attached hydrogens (tertiary/aromatic N) is 1. The van der Waals surface area contributed by atoms with Gasteiger partial charge in [0.05, 0.1) is 5.56 Å². The van der Waals surface area contributed by atoms with Gasteiger partial charge in [0.25, 0.3) is 11.8 Å². The Morgan fingerprint density at radius 3 is 2.00 bits per heavy atom. The highest BCUT2D eigenvalue weighted by atomic mass is 16.7. The molecule has 102 valence electrons. The summed E-state index contributed by atoms with van der Waals surface area (Å²) in [6.07, 6.45) is 0.194. The maximum Gasteiger partial charge on any atom is 0.363 e. The van der Waals surface area contributed by atoms with E-state index in [9.17, 15) is 14.4 Å². The van der Waals surface area contributed by atoms with Gasteiger partial charge in [0.15, 0.2) is 0 Å². The number of carbonyl (C=O) groups excluding carboxylic acids is 3. The molecule has 0 saturated carbocycles. The van der Waals surface area contributed by atoms with E-state index in [1.54, 1.807) is 24.3 Å². The summed E-state index contributed by atoms with van der Waals surface area (Å²) in [6, 6.07) is 6.68. The largest absolute Gasteiger partial charge is 0.363 e. The summed E-state index contributed by atoms with van der Waals surface area (Å²) in [7, 11) is 0. The molecule has 19 heavy (non-hydrogen) atoms. The molecule has 1 aromatic carbocycles. The fourth-order valence-corrected chi connectivity index (χ4v) is 1.48. The second kappa shape index (κ2) is 6.68. The zero-order valence-electron chi connectivity index (χ0n) is 11.3. The van der Waals surface area contributed by atoms with E-state index >= 15 is 0 Å². The number of hydroxylamine groups is 2. The second-order valence-corrected chi connectivity index (χ2v) is 3.83. The topological polar surface area (TPSA) is 63.7 Å². The van der Waals surface area contributed by atoms with Crippen LogP contribution in [-0.2, 0) is 14.4 Å². The second-order valence-electron chi connectivity index (χ2n) is 3.83. The maximum atomic E-state index is 11.6. The molecule has 5 heteroatoms. The minimum atomic E-state index is -0.700. The molecule has 0 unspecified atom stereocenters. The van der Waals surface area contributed by atoms with Crippen molar-refractivity contribution in [1.82, 2.24) is 5.06 Å². The Hall–Kier alpha value is -2.17. The van der Waals surface area contributed by atoms with E-state index < -0.39 is 17.8 Å². The van der Waals surface area contributed by atoms with Crippen molar-refractivity contribution in [3.63, 3.8) is 0 Å². The molecule has 2 amide bonds. The average Bonchev–Trinajstić information content (AvgIpc) is 2.73. The molecule has 0 aliphatic carbocycles. The Morgan fingerprint density at radius 1 is 1.05 bits per heavy atom. The lowest BCUT2D eigenvalue weighted by atomic mass is 10.2. The van der Waals surface area contributed by atoms with Crippen LogP contribution in [0.5, 0.6) is 0 Å². The number of hydrogen-bond donors (Lipinski definition) is 0. The summed E-state index contributed by atoms with van der Waals surface area (Å²) in [5, 5.41) is 0.544. The summed E-state index contributed by atoms with van der Waals surface area (Å²) in [4.78, 5) is 38.9. The highest BCUT2D eigenvalue weighted by Gasteiger charge is 2.33. The molecular weight excluding hydrogens is 246 g/mol. The SMILES string of the molecule is CC.Cc1ccc(C(=O)ON2C(=O)CCC2=O)cc1. The molecule has 0 atom stereocenters. The van der Waals surface area contributed by atoms with Gasteiger partial charge in [0, 0.05) is 12.8 Å². The molecule has 1 heterocycles. The summed E-state index contributed by atoms with van der Waals surface area (Å²) < 4.78 is 0. The predicted molar refractivity (Wildman–Crippen MR) is 69.0 cm³/mol. The van der Waals surface area contributed by atoms with Crippen LogP contribution in [0.3, 0.4) is 0 Å². The molecule has 5 nitrogen and oxygen atoms in total. The van der Waals surface area contributed by atoms with Crippen LogP contribution < -0.4 is 0 Å². The molecule has 0 aromatic heterocycles. The minimum Gasteiger partial charge on any atom is -0.325 e. The first-order valence-corrected chi connectivity index (χ1v) is 6.22. The van der Waals surface area contributed by atoms with Gasteiger partial charge in [-0.05, 0) is 19.1 Å². The van der Waals surface area contributed by atoms with Gasteiger partial charge >= 0.3 is 5.97 Å². The summed E-state index contributed by atoms with van der Waals surface area (Å²) >= 11 is 0. The van der Waals surface area contributed by atoms with E-state index in [1.807, 2.05) is 20.8 Å². The number of rotatable bonds is 2. The van der Waals surface area contributed by atoms with Crippen molar-refractivity contribution in [2.24, 2.45) is 0 Å². The molecule has 2 rings (SSSR count). The Balaban J connectivity index is 0.000000861. The van der Waals surface area contributed by atoms with Gasteiger partial charge in [0.1, 0.15) is 0 Å². The summed E-state index contributed by atoms with van der Waals surface area (Å²) in [5.41, 5.74) is 1.32. The first-order valence-electron chi connectivity index (χ1n) is 6.22. The van der Waals surface area contributed by atoms with Crippen LogP contribution in [0.4, 0.5) is 0 Å². The van der Waals surface area contributed by atoms with E-state index in [0.29, 0.717) is 10.6 Å². The van der Waals surface area contributed by atoms with E-state index in [0.717, 1.165) is 5.56 Å². The van der Waals surface area contributed by atoms with Crippen molar-refractivity contribution in [3.8, 4) is 0 Å². The molecule has 0 bridgehead atoms. The third-order valence-electron chi connectivity index (χ3n) is 2.47. The minimum absolute atomic E-state index is 0.0972. The predicted octanol–water partition coefficient (Wildman–Crippen LogP) is 2.24. The molecule has 1 aliphatic heterocycles. The van der Waals surface area contributed by atoms with Crippen molar-refractivity contribution < 1.29 is 19.2 Å². The van der Waals surface area contributed by atoms with Crippen LogP contribution in [0.15, 0.2) is 24.3 Å². The summed E-state index contributed by atoms with van der Waals surface area (Å²) in [5.74, 6) is -1.65. The Kier molecular flexibility index (Phi) is 5.23. The van der Waals surface area contributed by atoms with Gasteiger partial charge in [-0.1, -0.05) is 31.5 Å². The fraction of sp³-hybridized carbons (Fsp3) is 0.357. The molecular formula is C14H17NO4. The monoisotopic (exact) mass is 263 g/mol. The van der Waals surface area contributed by atoms with Gasteiger partial charge < -0.3 is 4.84 Å². The van der Waals surface area contributed by atoms with Gasteiger partial charge in [0.2, 0.25) is 0 Å². The smallest absolute Gasteiger partial charge is 0.325 e. The zero-order chi connectivity index (χ0) is 14.4. The number of hydrogen-bond acceptors (Lipinski definition) is 4. The van der Waals surface area contributed by atoms with Crippen molar-refractivity contribution >= 4 is 17.8 Å². The van der Waals surface area contributed by atoms with Crippen LogP contribution in [0.2, 0.25) is 0 Å². The van der Waals surface area contributed by atoms with E-state index in [-0.39, 0.29) is 12.8 Å². The third kappa shape index (κ3) is 3.64. The van der Waals surface area contributed by atoms with Gasteiger partial charge in [-0.25, -0.2) is 4.79 Å². The first kappa shape index (κ1) is 14.9. The lowest BCUT2D eigenvalue weighted by Crippen LogP contribution is -2.32. The standard InChI is InChI=1S/C12H11NO4.C2H6/c1-8-2-4-9(5-3-8)12(16)17-13-10(14)6-7-11(13)15;1-2/h2-5H,6-7H2,1H3;1-2H3. The van der Waals surface area contributed by atoms with E-state index in [2.05, 4.69) is 0 Å². The Morgan fingerprint density at radius 2 is 1.53 bits per heavy atom. The molecule has 1 fully saturated rings. The summed E-state index contributed by atoms with van der Waals surface area (Å²) in [6.45, 7) is 5.89. The quantitative estimate of drug-likeness (QED) is 0.768. The molecule has 1 saturated heterocycles. The lowest BCUT2D eigenvalue weighted by molar-refractivity contribution is -0.172. The van der Waals surface area contributed by atoms with Crippen molar-refractivity contribution in [2.75, 3.05) is 0 Å². The van der Waals surface area contributed by atoms with Crippen LogP contribution in [0.1, 0.15) is 42.6 Å².